The van der Waals surface area contributed by atoms with E-state index in [0.717, 1.165) is 42.4 Å². The second kappa shape index (κ2) is 9.09. The van der Waals surface area contributed by atoms with Crippen LogP contribution in [0.15, 0.2) is 54.6 Å². The summed E-state index contributed by atoms with van der Waals surface area (Å²) in [5, 5.41) is 0. The molecule has 0 aliphatic heterocycles. The van der Waals surface area contributed by atoms with E-state index < -0.39 is 11.6 Å². The monoisotopic (exact) mass is 382 g/mol. The molecule has 0 heterocycles. The minimum Gasteiger partial charge on any atom is -0.207 e. The molecule has 0 aliphatic carbocycles. The first-order valence-electron chi connectivity index (χ1n) is 9.80. The van der Waals surface area contributed by atoms with Gasteiger partial charge in [0.2, 0.25) is 0 Å². The van der Waals surface area contributed by atoms with E-state index in [4.69, 9.17) is 0 Å². The van der Waals surface area contributed by atoms with Gasteiger partial charge in [-0.3, -0.25) is 0 Å². The molecule has 0 bridgehead atoms. The summed E-state index contributed by atoms with van der Waals surface area (Å²) in [5.74, 6) is -1.73. The summed E-state index contributed by atoms with van der Waals surface area (Å²) in [6.07, 6.45) is 4.22. The van der Waals surface area contributed by atoms with E-state index in [-0.39, 0.29) is 11.4 Å². The molecule has 3 aromatic carbocycles. The van der Waals surface area contributed by atoms with Gasteiger partial charge < -0.3 is 0 Å². The third-order valence-electron chi connectivity index (χ3n) is 5.11. The van der Waals surface area contributed by atoms with Crippen molar-refractivity contribution < 1.29 is 13.2 Å². The van der Waals surface area contributed by atoms with E-state index in [9.17, 15) is 13.2 Å². The molecular weight excluding hydrogens is 357 g/mol. The van der Waals surface area contributed by atoms with E-state index in [1.807, 2.05) is 36.4 Å². The summed E-state index contributed by atoms with van der Waals surface area (Å²) >= 11 is 0. The van der Waals surface area contributed by atoms with E-state index in [2.05, 4.69) is 6.92 Å². The van der Waals surface area contributed by atoms with Crippen LogP contribution in [0, 0.1) is 24.4 Å². The second-order valence-corrected chi connectivity index (χ2v) is 7.28. The van der Waals surface area contributed by atoms with Crippen molar-refractivity contribution in [1.29, 1.82) is 0 Å². The molecule has 0 radical (unpaired) electrons. The van der Waals surface area contributed by atoms with Crippen molar-refractivity contribution >= 4 is 0 Å². The normalized spacial score (nSPS) is 11.0. The van der Waals surface area contributed by atoms with Crippen molar-refractivity contribution in [3.8, 4) is 11.1 Å². The molecule has 0 unspecified atom stereocenters. The molecule has 0 aromatic heterocycles. The highest BCUT2D eigenvalue weighted by atomic mass is 19.2. The van der Waals surface area contributed by atoms with E-state index in [0.29, 0.717) is 17.5 Å². The lowest BCUT2D eigenvalue weighted by Gasteiger charge is -2.08. The Morgan fingerprint density at radius 3 is 2.11 bits per heavy atom. The Morgan fingerprint density at radius 1 is 0.714 bits per heavy atom. The lowest BCUT2D eigenvalue weighted by molar-refractivity contribution is 0.505. The Hall–Kier alpha value is -2.55. The zero-order valence-electron chi connectivity index (χ0n) is 16.4. The van der Waals surface area contributed by atoms with Crippen molar-refractivity contribution in [3.63, 3.8) is 0 Å². The molecule has 146 valence electrons. The largest absolute Gasteiger partial charge is 0.207 e. The Labute approximate surface area is 165 Å². The number of halogens is 3. The summed E-state index contributed by atoms with van der Waals surface area (Å²) < 4.78 is 42.1. The van der Waals surface area contributed by atoms with E-state index in [1.54, 1.807) is 25.1 Å². The molecule has 3 aromatic rings. The fourth-order valence-electron chi connectivity index (χ4n) is 3.44. The summed E-state index contributed by atoms with van der Waals surface area (Å²) in [6.45, 7) is 3.63. The molecule has 3 heteroatoms. The Bertz CT molecular complexity index is 943. The van der Waals surface area contributed by atoms with Gasteiger partial charge in [-0.05, 0) is 66.5 Å². The van der Waals surface area contributed by atoms with Crippen LogP contribution in [0.2, 0.25) is 0 Å². The molecular formula is C25H25F3. The molecule has 0 N–H and O–H groups in total. The first kappa shape index (κ1) is 20.2. The first-order valence-corrected chi connectivity index (χ1v) is 9.80. The van der Waals surface area contributed by atoms with Crippen LogP contribution in [0.5, 0.6) is 0 Å². The van der Waals surface area contributed by atoms with Gasteiger partial charge in [0.1, 0.15) is 5.82 Å². The molecule has 0 amide bonds. The van der Waals surface area contributed by atoms with Crippen LogP contribution in [-0.2, 0) is 19.3 Å². The van der Waals surface area contributed by atoms with Gasteiger partial charge in [0, 0.05) is 5.56 Å². The number of hydrogen-bond donors (Lipinski definition) is 0. The number of rotatable bonds is 7. The fraction of sp³-hybridized carbons (Fsp3) is 0.280. The summed E-state index contributed by atoms with van der Waals surface area (Å²) in [5.41, 5.74) is 4.10. The molecule has 0 saturated carbocycles. The first-order chi connectivity index (χ1) is 13.5. The van der Waals surface area contributed by atoms with Gasteiger partial charge in [-0.15, -0.1) is 0 Å². The van der Waals surface area contributed by atoms with E-state index in [1.165, 1.54) is 0 Å². The summed E-state index contributed by atoms with van der Waals surface area (Å²) in [6, 6.07) is 16.2. The fourth-order valence-corrected chi connectivity index (χ4v) is 3.44. The molecule has 0 saturated heterocycles. The minimum atomic E-state index is -0.810. The van der Waals surface area contributed by atoms with Crippen LogP contribution >= 0.6 is 0 Å². The maximum atomic E-state index is 14.2. The van der Waals surface area contributed by atoms with Gasteiger partial charge in [0.25, 0.3) is 0 Å². The molecule has 0 fully saturated rings. The van der Waals surface area contributed by atoms with Gasteiger partial charge in [-0.2, -0.15) is 0 Å². The highest BCUT2D eigenvalue weighted by molar-refractivity contribution is 5.65. The van der Waals surface area contributed by atoms with Crippen LogP contribution in [0.25, 0.3) is 11.1 Å². The zero-order valence-corrected chi connectivity index (χ0v) is 16.4. The highest BCUT2D eigenvalue weighted by Crippen LogP contribution is 2.26. The van der Waals surface area contributed by atoms with Crippen molar-refractivity contribution in [2.75, 3.05) is 0 Å². The third kappa shape index (κ3) is 4.64. The Morgan fingerprint density at radius 2 is 1.43 bits per heavy atom. The average Bonchev–Trinajstić information content (AvgIpc) is 2.69. The van der Waals surface area contributed by atoms with Crippen molar-refractivity contribution in [1.82, 2.24) is 0 Å². The van der Waals surface area contributed by atoms with Gasteiger partial charge in [-0.25, -0.2) is 13.2 Å². The summed E-state index contributed by atoms with van der Waals surface area (Å²) in [4.78, 5) is 0. The standard InChI is InChI=1S/C25H25F3/c1-3-5-19-11-14-21(23(26)16-19)7-4-6-18-9-12-20(13-10-18)22-15-8-17(2)24(27)25(22)28/h8-16H,3-7H2,1-2H3. The predicted molar refractivity (Wildman–Crippen MR) is 109 cm³/mol. The smallest absolute Gasteiger partial charge is 0.166 e. The molecule has 0 spiro atoms. The second-order valence-electron chi connectivity index (χ2n) is 7.28. The lowest BCUT2D eigenvalue weighted by atomic mass is 9.98. The van der Waals surface area contributed by atoms with Crippen LogP contribution in [0.4, 0.5) is 13.2 Å². The van der Waals surface area contributed by atoms with Crippen molar-refractivity contribution in [2.45, 2.75) is 46.0 Å². The lowest BCUT2D eigenvalue weighted by Crippen LogP contribution is -1.96. The number of hydrogen-bond acceptors (Lipinski definition) is 0. The predicted octanol–water partition coefficient (Wildman–Crippen LogP) is 7.21. The Balaban J connectivity index is 1.62. The Kier molecular flexibility index (Phi) is 6.56. The topological polar surface area (TPSA) is 0 Å². The zero-order chi connectivity index (χ0) is 20.1. The SMILES string of the molecule is CCCc1ccc(CCCc2ccc(-c3ccc(C)c(F)c3F)cc2)c(F)c1. The molecule has 0 aliphatic rings. The number of aryl methyl sites for hydroxylation is 4. The summed E-state index contributed by atoms with van der Waals surface area (Å²) in [7, 11) is 0. The highest BCUT2D eigenvalue weighted by Gasteiger charge is 2.12. The van der Waals surface area contributed by atoms with Gasteiger partial charge in [0.15, 0.2) is 11.6 Å². The van der Waals surface area contributed by atoms with Crippen LogP contribution in [-0.4, -0.2) is 0 Å². The van der Waals surface area contributed by atoms with Gasteiger partial charge in [-0.1, -0.05) is 61.9 Å². The van der Waals surface area contributed by atoms with Crippen LogP contribution in [0.3, 0.4) is 0 Å². The van der Waals surface area contributed by atoms with Gasteiger partial charge >= 0.3 is 0 Å². The average molecular weight is 382 g/mol. The molecule has 28 heavy (non-hydrogen) atoms. The molecule has 0 nitrogen and oxygen atoms in total. The number of benzene rings is 3. The van der Waals surface area contributed by atoms with Crippen molar-refractivity contribution in [2.24, 2.45) is 0 Å². The molecule has 0 atom stereocenters. The maximum absolute atomic E-state index is 14.2. The molecule has 3 rings (SSSR count). The van der Waals surface area contributed by atoms with Crippen LogP contribution < -0.4 is 0 Å². The minimum absolute atomic E-state index is 0.127. The van der Waals surface area contributed by atoms with Gasteiger partial charge in [0.05, 0.1) is 0 Å². The quantitative estimate of drug-likeness (QED) is 0.405. The van der Waals surface area contributed by atoms with Crippen LogP contribution in [0.1, 0.15) is 42.0 Å². The third-order valence-corrected chi connectivity index (χ3v) is 5.11. The maximum Gasteiger partial charge on any atom is 0.166 e. The van der Waals surface area contributed by atoms with Crippen molar-refractivity contribution in [3.05, 3.63) is 94.3 Å². The van der Waals surface area contributed by atoms with E-state index >= 15 is 0 Å².